The van der Waals surface area contributed by atoms with E-state index in [-0.39, 0.29) is 5.82 Å². The number of halogens is 2. The van der Waals surface area contributed by atoms with Crippen LogP contribution in [-0.4, -0.2) is 9.78 Å². The molecule has 90 valence electrons. The van der Waals surface area contributed by atoms with Crippen molar-refractivity contribution in [3.63, 3.8) is 0 Å². The Morgan fingerprint density at radius 1 is 1.47 bits per heavy atom. The third kappa shape index (κ3) is 2.58. The number of nitrogens with one attached hydrogen (secondary N) is 1. The molecule has 0 unspecified atom stereocenters. The van der Waals surface area contributed by atoms with Gasteiger partial charge in [-0.15, -0.1) is 0 Å². The van der Waals surface area contributed by atoms with Crippen molar-refractivity contribution >= 4 is 17.3 Å². The zero-order valence-corrected chi connectivity index (χ0v) is 10.4. The van der Waals surface area contributed by atoms with Gasteiger partial charge in [0.15, 0.2) is 0 Å². The number of anilines is 1. The molecule has 0 saturated carbocycles. The first-order valence-corrected chi connectivity index (χ1v) is 5.62. The van der Waals surface area contributed by atoms with Crippen LogP contribution in [-0.2, 0) is 13.6 Å². The lowest BCUT2D eigenvalue weighted by molar-refractivity contribution is 0.613. The molecule has 0 fully saturated rings. The number of nitrogens with zero attached hydrogens (tertiary/aromatic N) is 2. The molecule has 0 spiro atoms. The van der Waals surface area contributed by atoms with E-state index in [0.29, 0.717) is 17.1 Å². The van der Waals surface area contributed by atoms with E-state index in [1.54, 1.807) is 16.8 Å². The molecule has 0 radical (unpaired) electrons. The van der Waals surface area contributed by atoms with Gasteiger partial charge in [-0.1, -0.05) is 17.7 Å². The first-order valence-electron chi connectivity index (χ1n) is 5.25. The zero-order chi connectivity index (χ0) is 12.4. The minimum atomic E-state index is -0.299. The number of aromatic nitrogens is 2. The Morgan fingerprint density at radius 2 is 2.24 bits per heavy atom. The van der Waals surface area contributed by atoms with Crippen molar-refractivity contribution < 1.29 is 4.39 Å². The predicted octanol–water partition coefficient (Wildman–Crippen LogP) is 3.13. The molecule has 0 saturated heterocycles. The van der Waals surface area contributed by atoms with Gasteiger partial charge in [-0.2, -0.15) is 5.10 Å². The molecule has 1 heterocycles. The zero-order valence-electron chi connectivity index (χ0n) is 9.67. The summed E-state index contributed by atoms with van der Waals surface area (Å²) < 4.78 is 15.2. The largest absolute Gasteiger partial charge is 0.378 e. The van der Waals surface area contributed by atoms with E-state index in [9.17, 15) is 4.39 Å². The molecule has 1 N–H and O–H groups in total. The average molecular weight is 254 g/mol. The fourth-order valence-corrected chi connectivity index (χ4v) is 1.89. The van der Waals surface area contributed by atoms with E-state index in [0.717, 1.165) is 11.4 Å². The highest BCUT2D eigenvalue weighted by Gasteiger charge is 2.08. The summed E-state index contributed by atoms with van der Waals surface area (Å²) in [5, 5.41) is 7.75. The van der Waals surface area contributed by atoms with E-state index >= 15 is 0 Å². The van der Waals surface area contributed by atoms with Crippen molar-refractivity contribution in [3.05, 3.63) is 46.5 Å². The van der Waals surface area contributed by atoms with Gasteiger partial charge in [-0.25, -0.2) is 4.39 Å². The summed E-state index contributed by atoms with van der Waals surface area (Å²) in [5.74, 6) is -0.299. The first kappa shape index (κ1) is 11.9. The van der Waals surface area contributed by atoms with Gasteiger partial charge in [0, 0.05) is 30.4 Å². The second-order valence-corrected chi connectivity index (χ2v) is 4.26. The molecule has 2 rings (SSSR count). The summed E-state index contributed by atoms with van der Waals surface area (Å²) in [7, 11) is 1.84. The van der Waals surface area contributed by atoms with Crippen LogP contribution < -0.4 is 5.32 Å². The summed E-state index contributed by atoms with van der Waals surface area (Å²) in [6.07, 6.45) is 1.85. The van der Waals surface area contributed by atoms with Crippen molar-refractivity contribution in [2.75, 3.05) is 5.32 Å². The maximum Gasteiger partial charge on any atom is 0.129 e. The number of aryl methyl sites for hydroxylation is 2. The van der Waals surface area contributed by atoms with Crippen LogP contribution in [0.25, 0.3) is 0 Å². The van der Waals surface area contributed by atoms with Gasteiger partial charge in [-0.05, 0) is 19.1 Å². The monoisotopic (exact) mass is 253 g/mol. The number of rotatable bonds is 3. The molecule has 2 aromatic rings. The van der Waals surface area contributed by atoms with E-state index < -0.39 is 0 Å². The molecule has 5 heteroatoms. The topological polar surface area (TPSA) is 29.9 Å². The summed E-state index contributed by atoms with van der Waals surface area (Å²) in [4.78, 5) is 0. The molecular formula is C12H13ClFN3. The van der Waals surface area contributed by atoms with Gasteiger partial charge < -0.3 is 5.32 Å². The fourth-order valence-electron chi connectivity index (χ4n) is 1.66. The highest BCUT2D eigenvalue weighted by Crippen LogP contribution is 2.21. The van der Waals surface area contributed by atoms with E-state index in [1.807, 2.05) is 20.2 Å². The normalized spacial score (nSPS) is 10.6. The van der Waals surface area contributed by atoms with Crippen LogP contribution in [0.3, 0.4) is 0 Å². The Morgan fingerprint density at radius 3 is 2.82 bits per heavy atom. The van der Waals surface area contributed by atoms with Crippen LogP contribution in [0.1, 0.15) is 11.3 Å². The van der Waals surface area contributed by atoms with Gasteiger partial charge in [0.05, 0.1) is 11.4 Å². The molecule has 0 aliphatic rings. The Bertz CT molecular complexity index is 516. The fraction of sp³-hybridized carbons (Fsp3) is 0.250. The molecule has 1 aromatic heterocycles. The molecule has 0 amide bonds. The molecule has 17 heavy (non-hydrogen) atoms. The second kappa shape index (κ2) is 4.75. The molecule has 1 aromatic carbocycles. The minimum absolute atomic E-state index is 0.299. The molecule has 0 aliphatic heterocycles. The molecular weight excluding hydrogens is 241 g/mol. The van der Waals surface area contributed by atoms with Crippen LogP contribution in [0, 0.1) is 12.7 Å². The van der Waals surface area contributed by atoms with Gasteiger partial charge in [0.25, 0.3) is 0 Å². The lowest BCUT2D eigenvalue weighted by Gasteiger charge is -2.07. The van der Waals surface area contributed by atoms with Crippen LogP contribution in [0.4, 0.5) is 10.1 Å². The third-order valence-electron chi connectivity index (χ3n) is 2.53. The van der Waals surface area contributed by atoms with Crippen molar-refractivity contribution in [2.24, 2.45) is 7.05 Å². The Balaban J connectivity index is 2.15. The Hall–Kier alpha value is -1.55. The van der Waals surface area contributed by atoms with Crippen molar-refractivity contribution in [3.8, 4) is 0 Å². The van der Waals surface area contributed by atoms with E-state index in [4.69, 9.17) is 11.6 Å². The smallest absolute Gasteiger partial charge is 0.129 e. The van der Waals surface area contributed by atoms with Crippen LogP contribution in [0.2, 0.25) is 5.02 Å². The van der Waals surface area contributed by atoms with E-state index in [1.165, 1.54) is 6.07 Å². The summed E-state index contributed by atoms with van der Waals surface area (Å²) >= 11 is 5.94. The van der Waals surface area contributed by atoms with Gasteiger partial charge in [0.2, 0.25) is 0 Å². The lowest BCUT2D eigenvalue weighted by atomic mass is 10.2. The number of benzene rings is 1. The quantitative estimate of drug-likeness (QED) is 0.911. The highest BCUT2D eigenvalue weighted by molar-refractivity contribution is 6.31. The Kier molecular flexibility index (Phi) is 3.33. The predicted molar refractivity (Wildman–Crippen MR) is 66.7 cm³/mol. The van der Waals surface area contributed by atoms with Gasteiger partial charge in [-0.3, -0.25) is 4.68 Å². The first-order chi connectivity index (χ1) is 8.08. The van der Waals surface area contributed by atoms with Gasteiger partial charge in [0.1, 0.15) is 5.82 Å². The minimum Gasteiger partial charge on any atom is -0.378 e. The summed E-state index contributed by atoms with van der Waals surface area (Å²) in [6, 6.07) is 4.67. The average Bonchev–Trinajstić information content (AvgIpc) is 2.57. The van der Waals surface area contributed by atoms with Gasteiger partial charge >= 0.3 is 0 Å². The maximum absolute atomic E-state index is 13.5. The second-order valence-electron chi connectivity index (χ2n) is 3.86. The molecule has 0 bridgehead atoms. The molecule has 0 atom stereocenters. The van der Waals surface area contributed by atoms with Crippen molar-refractivity contribution in [2.45, 2.75) is 13.5 Å². The van der Waals surface area contributed by atoms with E-state index in [2.05, 4.69) is 10.4 Å². The lowest BCUT2D eigenvalue weighted by Crippen LogP contribution is -2.02. The van der Waals surface area contributed by atoms with Crippen LogP contribution >= 0.6 is 11.6 Å². The third-order valence-corrected chi connectivity index (χ3v) is 2.88. The number of hydrogen-bond donors (Lipinski definition) is 1. The molecule has 3 nitrogen and oxygen atoms in total. The van der Waals surface area contributed by atoms with Crippen molar-refractivity contribution in [1.82, 2.24) is 9.78 Å². The molecule has 0 aliphatic carbocycles. The van der Waals surface area contributed by atoms with Crippen LogP contribution in [0.15, 0.2) is 24.4 Å². The Labute approximate surface area is 104 Å². The number of hydrogen-bond acceptors (Lipinski definition) is 2. The summed E-state index contributed by atoms with van der Waals surface area (Å²) in [6.45, 7) is 2.24. The highest BCUT2D eigenvalue weighted by atomic mass is 35.5. The SMILES string of the molecule is Cc1nn(C)cc1NCc1c(F)cccc1Cl. The van der Waals surface area contributed by atoms with Crippen LogP contribution in [0.5, 0.6) is 0 Å². The standard InChI is InChI=1S/C12H13ClFN3/c1-8-12(7-17(2)16-8)15-6-9-10(13)4-3-5-11(9)14/h3-5,7,15H,6H2,1-2H3. The van der Waals surface area contributed by atoms with Crippen molar-refractivity contribution in [1.29, 1.82) is 0 Å². The summed E-state index contributed by atoms with van der Waals surface area (Å²) in [5.41, 5.74) is 2.23. The maximum atomic E-state index is 13.5.